The average molecular weight is 240 g/mol. The fourth-order valence-electron chi connectivity index (χ4n) is 3.01. The van der Waals surface area contributed by atoms with Gasteiger partial charge in [-0.1, -0.05) is 0 Å². The Morgan fingerprint density at radius 3 is 2.82 bits per heavy atom. The summed E-state index contributed by atoms with van der Waals surface area (Å²) in [5.41, 5.74) is 0. The normalized spacial score (nSPS) is 34.7. The van der Waals surface area contributed by atoms with Gasteiger partial charge in [0.1, 0.15) is 0 Å². The molecule has 2 saturated heterocycles. The van der Waals surface area contributed by atoms with Crippen molar-refractivity contribution in [2.45, 2.75) is 63.6 Å². The topological polar surface area (TPSA) is 52.6 Å². The Morgan fingerprint density at radius 1 is 1.29 bits per heavy atom. The van der Waals surface area contributed by atoms with Gasteiger partial charge in [0.25, 0.3) is 0 Å². The summed E-state index contributed by atoms with van der Waals surface area (Å²) in [5, 5.41) is 12.7. The van der Waals surface area contributed by atoms with Crippen LogP contribution in [0.3, 0.4) is 0 Å². The number of carbonyl (C=O) groups excluding carboxylic acids is 1. The van der Waals surface area contributed by atoms with Crippen molar-refractivity contribution in [3.63, 3.8) is 0 Å². The predicted molar refractivity (Wildman–Crippen MR) is 66.7 cm³/mol. The van der Waals surface area contributed by atoms with Crippen LogP contribution >= 0.6 is 0 Å². The first-order chi connectivity index (χ1) is 8.22. The molecule has 4 nitrogen and oxygen atoms in total. The molecule has 0 aliphatic carbocycles. The van der Waals surface area contributed by atoms with E-state index in [4.69, 9.17) is 0 Å². The van der Waals surface area contributed by atoms with Crippen molar-refractivity contribution >= 4 is 5.91 Å². The monoisotopic (exact) mass is 240 g/mol. The van der Waals surface area contributed by atoms with Gasteiger partial charge in [-0.3, -0.25) is 4.79 Å². The van der Waals surface area contributed by atoms with Gasteiger partial charge in [-0.15, -0.1) is 0 Å². The lowest BCUT2D eigenvalue weighted by Gasteiger charge is -2.39. The largest absolute Gasteiger partial charge is 0.394 e. The zero-order valence-electron chi connectivity index (χ0n) is 10.7. The minimum Gasteiger partial charge on any atom is -0.394 e. The number of carbonyl (C=O) groups is 1. The molecule has 2 rings (SSSR count). The van der Waals surface area contributed by atoms with Crippen molar-refractivity contribution < 1.29 is 9.90 Å². The summed E-state index contributed by atoms with van der Waals surface area (Å²) in [6.07, 6.45) is 6.38. The molecule has 2 fully saturated rings. The molecule has 2 aliphatic rings. The third-order valence-electron chi connectivity index (χ3n) is 4.03. The molecule has 1 amide bonds. The molecule has 4 heteroatoms. The summed E-state index contributed by atoms with van der Waals surface area (Å²) in [6, 6.07) is 0.469. The number of rotatable bonds is 2. The first kappa shape index (κ1) is 12.8. The molecule has 17 heavy (non-hydrogen) atoms. The van der Waals surface area contributed by atoms with E-state index in [0.717, 1.165) is 45.1 Å². The molecule has 0 aromatic rings. The van der Waals surface area contributed by atoms with E-state index < -0.39 is 0 Å². The van der Waals surface area contributed by atoms with Crippen LogP contribution in [0.1, 0.15) is 45.4 Å². The second-order valence-corrected chi connectivity index (χ2v) is 5.42. The van der Waals surface area contributed by atoms with Gasteiger partial charge in [-0.25, -0.2) is 0 Å². The first-order valence-electron chi connectivity index (χ1n) is 6.89. The van der Waals surface area contributed by atoms with E-state index in [0.29, 0.717) is 6.04 Å². The van der Waals surface area contributed by atoms with E-state index in [1.807, 2.05) is 4.90 Å². The van der Waals surface area contributed by atoms with E-state index in [-0.39, 0.29) is 24.6 Å². The van der Waals surface area contributed by atoms with Crippen LogP contribution < -0.4 is 5.32 Å². The van der Waals surface area contributed by atoms with Crippen LogP contribution in [0.5, 0.6) is 0 Å². The minimum absolute atomic E-state index is 0.0223. The number of hydrogen-bond acceptors (Lipinski definition) is 3. The second kappa shape index (κ2) is 5.83. The van der Waals surface area contributed by atoms with Gasteiger partial charge in [0.05, 0.1) is 18.7 Å². The minimum atomic E-state index is -0.0223. The highest BCUT2D eigenvalue weighted by Gasteiger charge is 2.32. The summed E-state index contributed by atoms with van der Waals surface area (Å²) >= 11 is 0. The molecule has 2 aliphatic heterocycles. The van der Waals surface area contributed by atoms with Crippen LogP contribution in [0.2, 0.25) is 0 Å². The molecule has 98 valence electrons. The molecule has 0 radical (unpaired) electrons. The van der Waals surface area contributed by atoms with Gasteiger partial charge in [-0.2, -0.15) is 0 Å². The fourth-order valence-corrected chi connectivity index (χ4v) is 3.01. The lowest BCUT2D eigenvalue weighted by molar-refractivity contribution is -0.139. The van der Waals surface area contributed by atoms with Gasteiger partial charge >= 0.3 is 0 Å². The smallest absolute Gasteiger partial charge is 0.240 e. The Kier molecular flexibility index (Phi) is 4.40. The van der Waals surface area contributed by atoms with Gasteiger partial charge in [-0.05, 0) is 45.4 Å². The van der Waals surface area contributed by atoms with Gasteiger partial charge in [0.15, 0.2) is 0 Å². The predicted octanol–water partition coefficient (Wildman–Crippen LogP) is 0.890. The third kappa shape index (κ3) is 2.99. The molecule has 0 aromatic carbocycles. The molecule has 3 atom stereocenters. The molecular formula is C13H24N2O2. The molecule has 0 aromatic heterocycles. The third-order valence-corrected chi connectivity index (χ3v) is 4.03. The highest BCUT2D eigenvalue weighted by molar-refractivity contribution is 5.82. The molecule has 2 N–H and O–H groups in total. The Morgan fingerprint density at radius 2 is 2.12 bits per heavy atom. The van der Waals surface area contributed by atoms with Crippen LogP contribution in [-0.4, -0.2) is 47.2 Å². The number of aliphatic hydroxyl groups excluding tert-OH is 1. The van der Waals surface area contributed by atoms with Crippen molar-refractivity contribution in [2.24, 2.45) is 0 Å². The fraction of sp³-hybridized carbons (Fsp3) is 0.923. The Labute approximate surface area is 103 Å². The number of nitrogens with one attached hydrogen (secondary N) is 1. The van der Waals surface area contributed by atoms with Crippen LogP contribution in [0.25, 0.3) is 0 Å². The van der Waals surface area contributed by atoms with Crippen LogP contribution in [0, 0.1) is 0 Å². The summed E-state index contributed by atoms with van der Waals surface area (Å²) in [6.45, 7) is 3.06. The quantitative estimate of drug-likeness (QED) is 0.753. The Hall–Kier alpha value is -0.610. The van der Waals surface area contributed by atoms with Crippen molar-refractivity contribution in [3.05, 3.63) is 0 Å². The maximum absolute atomic E-state index is 12.4. The van der Waals surface area contributed by atoms with Crippen LogP contribution in [0.15, 0.2) is 0 Å². The molecule has 2 heterocycles. The number of hydrogen-bond donors (Lipinski definition) is 2. The summed E-state index contributed by atoms with van der Waals surface area (Å²) in [4.78, 5) is 14.3. The van der Waals surface area contributed by atoms with Crippen LogP contribution in [-0.2, 0) is 4.79 Å². The highest BCUT2D eigenvalue weighted by atomic mass is 16.3. The zero-order chi connectivity index (χ0) is 12.3. The van der Waals surface area contributed by atoms with E-state index in [9.17, 15) is 9.90 Å². The van der Waals surface area contributed by atoms with E-state index in [2.05, 4.69) is 12.2 Å². The van der Waals surface area contributed by atoms with E-state index in [1.165, 1.54) is 0 Å². The number of likely N-dealkylation sites (tertiary alicyclic amines) is 1. The van der Waals surface area contributed by atoms with E-state index in [1.54, 1.807) is 0 Å². The molecule has 0 spiro atoms. The van der Waals surface area contributed by atoms with E-state index >= 15 is 0 Å². The molecule has 0 saturated carbocycles. The zero-order valence-corrected chi connectivity index (χ0v) is 10.7. The van der Waals surface area contributed by atoms with Crippen molar-refractivity contribution in [1.29, 1.82) is 0 Å². The number of nitrogens with zero attached hydrogens (tertiary/aromatic N) is 1. The molecule has 0 bridgehead atoms. The maximum atomic E-state index is 12.4. The van der Waals surface area contributed by atoms with Crippen molar-refractivity contribution in [1.82, 2.24) is 10.2 Å². The number of amides is 1. The maximum Gasteiger partial charge on any atom is 0.240 e. The SMILES string of the molecule is CC1CCCC(C(=O)N2CCCCC2CO)N1. The Balaban J connectivity index is 1.97. The highest BCUT2D eigenvalue weighted by Crippen LogP contribution is 2.21. The van der Waals surface area contributed by atoms with Gasteiger partial charge in [0.2, 0.25) is 5.91 Å². The second-order valence-electron chi connectivity index (χ2n) is 5.42. The summed E-state index contributed by atoms with van der Waals surface area (Å²) in [5.74, 6) is 0.204. The number of aliphatic hydroxyl groups is 1. The molecule has 3 unspecified atom stereocenters. The summed E-state index contributed by atoms with van der Waals surface area (Å²) < 4.78 is 0. The molecular weight excluding hydrogens is 216 g/mol. The van der Waals surface area contributed by atoms with Gasteiger partial charge in [0, 0.05) is 12.6 Å². The standard InChI is InChI=1S/C13H24N2O2/c1-10-5-4-7-12(14-10)13(17)15-8-3-2-6-11(15)9-16/h10-12,14,16H,2-9H2,1H3. The lowest BCUT2D eigenvalue weighted by atomic mass is 9.96. The lowest BCUT2D eigenvalue weighted by Crippen LogP contribution is -2.55. The Bertz CT molecular complexity index is 270. The number of piperidine rings is 2. The average Bonchev–Trinajstić information content (AvgIpc) is 2.38. The van der Waals surface area contributed by atoms with Gasteiger partial charge < -0.3 is 15.3 Å². The first-order valence-corrected chi connectivity index (χ1v) is 6.89. The van der Waals surface area contributed by atoms with Crippen molar-refractivity contribution in [2.75, 3.05) is 13.2 Å². The van der Waals surface area contributed by atoms with Crippen LogP contribution in [0.4, 0.5) is 0 Å². The summed E-state index contributed by atoms with van der Waals surface area (Å²) in [7, 11) is 0. The van der Waals surface area contributed by atoms with Crippen molar-refractivity contribution in [3.8, 4) is 0 Å².